The Labute approximate surface area is 182 Å². The lowest BCUT2D eigenvalue weighted by Crippen LogP contribution is -2.61. The number of hydrogen-bond acceptors (Lipinski definition) is 6. The molecule has 6 rings (SSSR count). The van der Waals surface area contributed by atoms with Crippen LogP contribution in [0.4, 0.5) is 0 Å². The molecule has 0 unspecified atom stereocenters. The third-order valence-corrected chi connectivity index (χ3v) is 6.69. The average Bonchev–Trinajstić information content (AvgIpc) is 3.48. The van der Waals surface area contributed by atoms with Gasteiger partial charge in [0.15, 0.2) is 0 Å². The van der Waals surface area contributed by atoms with Gasteiger partial charge in [-0.25, -0.2) is 4.79 Å². The molecule has 3 aliphatic heterocycles. The smallest absolute Gasteiger partial charge is 0.352 e. The number of nitrogens with zero attached hydrogens (tertiary/aromatic N) is 2. The molecule has 1 saturated heterocycles. The van der Waals surface area contributed by atoms with Crippen molar-refractivity contribution in [3.8, 4) is 0 Å². The number of rotatable bonds is 4. The second kappa shape index (κ2) is 6.67. The van der Waals surface area contributed by atoms with E-state index in [1.807, 2.05) is 36.4 Å². The fourth-order valence-corrected chi connectivity index (χ4v) is 5.28. The standard InChI is InChI=1S/C24H21N3O5/c1-11(28)19-17-10-14(20(24(30)31)27(17)23(19)29)12-8-15-13-4-2-3-5-18(13)32-21(15)16(9-12)22-25-6-7-26-22/h2-5,8-9,11,17,19,28H,6-7,10H2,1H3,(H,25,26)(H,30,31)/t11-,17-,19-/m1/s1. The van der Waals surface area contributed by atoms with E-state index in [0.29, 0.717) is 30.0 Å². The van der Waals surface area contributed by atoms with E-state index in [-0.39, 0.29) is 17.6 Å². The number of aliphatic imine (C=N–C) groups is 1. The third-order valence-electron chi connectivity index (χ3n) is 6.69. The molecule has 1 aromatic heterocycles. The first-order valence-electron chi connectivity index (χ1n) is 10.7. The van der Waals surface area contributed by atoms with Crippen LogP contribution in [0.2, 0.25) is 0 Å². The van der Waals surface area contributed by atoms with Gasteiger partial charge >= 0.3 is 5.97 Å². The Hall–Kier alpha value is -3.65. The number of aliphatic carboxylic acids is 1. The molecule has 3 aliphatic rings. The monoisotopic (exact) mass is 431 g/mol. The largest absolute Gasteiger partial charge is 0.477 e. The highest BCUT2D eigenvalue weighted by Gasteiger charge is 2.56. The van der Waals surface area contributed by atoms with Crippen molar-refractivity contribution >= 4 is 45.2 Å². The maximum atomic E-state index is 12.6. The van der Waals surface area contributed by atoms with Gasteiger partial charge in [0.1, 0.15) is 22.7 Å². The van der Waals surface area contributed by atoms with Crippen molar-refractivity contribution in [2.45, 2.75) is 25.5 Å². The predicted molar refractivity (Wildman–Crippen MR) is 118 cm³/mol. The minimum absolute atomic E-state index is 0.00341. The molecule has 0 aliphatic carbocycles. The van der Waals surface area contributed by atoms with Crippen LogP contribution >= 0.6 is 0 Å². The molecule has 2 aromatic carbocycles. The number of furan rings is 1. The van der Waals surface area contributed by atoms with Crippen molar-refractivity contribution in [3.63, 3.8) is 0 Å². The Morgan fingerprint density at radius 2 is 2.09 bits per heavy atom. The summed E-state index contributed by atoms with van der Waals surface area (Å²) in [4.78, 5) is 30.7. The minimum atomic E-state index is -1.14. The first-order chi connectivity index (χ1) is 15.5. The number of fused-ring (bicyclic) bond motifs is 4. The summed E-state index contributed by atoms with van der Waals surface area (Å²) in [5, 5.41) is 25.1. The Balaban J connectivity index is 1.59. The van der Waals surface area contributed by atoms with Crippen LogP contribution in [0.3, 0.4) is 0 Å². The quantitative estimate of drug-likeness (QED) is 0.546. The van der Waals surface area contributed by atoms with E-state index in [1.165, 1.54) is 4.90 Å². The second-order valence-electron chi connectivity index (χ2n) is 8.53. The number of carboxylic acids is 1. The number of nitrogens with one attached hydrogen (secondary N) is 1. The van der Waals surface area contributed by atoms with Crippen molar-refractivity contribution in [2.75, 3.05) is 13.1 Å². The van der Waals surface area contributed by atoms with Crippen LogP contribution in [0.15, 0.2) is 51.5 Å². The maximum Gasteiger partial charge on any atom is 0.352 e. The highest BCUT2D eigenvalue weighted by Crippen LogP contribution is 2.48. The molecule has 0 saturated carbocycles. The molecule has 4 heterocycles. The highest BCUT2D eigenvalue weighted by atomic mass is 16.4. The van der Waals surface area contributed by atoms with Crippen LogP contribution in [0, 0.1) is 5.92 Å². The van der Waals surface area contributed by atoms with Crippen molar-refractivity contribution in [1.82, 2.24) is 10.2 Å². The van der Waals surface area contributed by atoms with Crippen LogP contribution in [-0.4, -0.2) is 58.1 Å². The Morgan fingerprint density at radius 1 is 1.28 bits per heavy atom. The zero-order valence-corrected chi connectivity index (χ0v) is 17.3. The van der Waals surface area contributed by atoms with Gasteiger partial charge in [0.2, 0.25) is 5.91 Å². The number of hydrogen-bond donors (Lipinski definition) is 3. The number of amidine groups is 1. The van der Waals surface area contributed by atoms with Crippen molar-refractivity contribution in [1.29, 1.82) is 0 Å². The summed E-state index contributed by atoms with van der Waals surface area (Å²) >= 11 is 0. The lowest BCUT2D eigenvalue weighted by atomic mass is 9.82. The molecule has 0 bridgehead atoms. The van der Waals surface area contributed by atoms with Gasteiger partial charge in [-0.3, -0.25) is 9.79 Å². The second-order valence-corrected chi connectivity index (χ2v) is 8.53. The lowest BCUT2D eigenvalue weighted by molar-refractivity contribution is -0.161. The van der Waals surface area contributed by atoms with Crippen LogP contribution < -0.4 is 5.32 Å². The lowest BCUT2D eigenvalue weighted by Gasteiger charge is -2.44. The number of β-lactam (4-membered cyclic amide) rings is 1. The van der Waals surface area contributed by atoms with Crippen LogP contribution in [0.25, 0.3) is 27.5 Å². The maximum absolute atomic E-state index is 12.6. The molecule has 32 heavy (non-hydrogen) atoms. The Kier molecular flexibility index (Phi) is 3.98. The zero-order chi connectivity index (χ0) is 22.1. The number of aliphatic hydroxyl groups excluding tert-OH is 1. The molecular formula is C24H21N3O5. The molecule has 162 valence electrons. The molecule has 0 radical (unpaired) electrons. The van der Waals surface area contributed by atoms with Gasteiger partial charge in [0, 0.05) is 17.3 Å². The summed E-state index contributed by atoms with van der Waals surface area (Å²) in [5.41, 5.74) is 3.52. The van der Waals surface area contributed by atoms with Gasteiger partial charge in [-0.15, -0.1) is 0 Å². The van der Waals surface area contributed by atoms with Crippen molar-refractivity contribution in [3.05, 3.63) is 53.2 Å². The molecule has 3 N–H and O–H groups in total. The van der Waals surface area contributed by atoms with E-state index in [1.54, 1.807) is 6.92 Å². The van der Waals surface area contributed by atoms with Crippen molar-refractivity contribution in [2.24, 2.45) is 10.9 Å². The van der Waals surface area contributed by atoms with Crippen LogP contribution in [0.1, 0.15) is 24.5 Å². The van der Waals surface area contributed by atoms with Crippen LogP contribution in [0.5, 0.6) is 0 Å². The fraction of sp³-hybridized carbons (Fsp3) is 0.292. The number of carbonyl (C=O) groups is 2. The predicted octanol–water partition coefficient (Wildman–Crippen LogP) is 2.34. The molecule has 3 atom stereocenters. The van der Waals surface area contributed by atoms with Crippen LogP contribution in [-0.2, 0) is 9.59 Å². The molecular weight excluding hydrogens is 410 g/mol. The average molecular weight is 431 g/mol. The van der Waals surface area contributed by atoms with Crippen molar-refractivity contribution < 1.29 is 24.2 Å². The minimum Gasteiger partial charge on any atom is -0.477 e. The Bertz CT molecular complexity index is 1380. The summed E-state index contributed by atoms with van der Waals surface area (Å²) < 4.78 is 6.16. The van der Waals surface area contributed by atoms with Gasteiger partial charge in [0.05, 0.1) is 30.2 Å². The van der Waals surface area contributed by atoms with Gasteiger partial charge in [-0.1, -0.05) is 18.2 Å². The molecule has 1 amide bonds. The zero-order valence-electron chi connectivity index (χ0n) is 17.3. The highest BCUT2D eigenvalue weighted by molar-refractivity contribution is 6.16. The van der Waals surface area contributed by atoms with E-state index < -0.39 is 18.0 Å². The summed E-state index contributed by atoms with van der Waals surface area (Å²) in [6, 6.07) is 11.2. The topological polar surface area (TPSA) is 115 Å². The van der Waals surface area contributed by atoms with Gasteiger partial charge in [0.25, 0.3) is 0 Å². The van der Waals surface area contributed by atoms with E-state index in [4.69, 9.17) is 4.42 Å². The summed E-state index contributed by atoms with van der Waals surface area (Å²) in [6.07, 6.45) is -0.449. The van der Waals surface area contributed by atoms with Gasteiger partial charge in [-0.05, 0) is 42.7 Å². The van der Waals surface area contributed by atoms with E-state index >= 15 is 0 Å². The summed E-state index contributed by atoms with van der Waals surface area (Å²) in [6.45, 7) is 2.96. The molecule has 1 fully saturated rings. The number of carbonyl (C=O) groups excluding carboxylic acids is 1. The van der Waals surface area contributed by atoms with Gasteiger partial charge in [-0.2, -0.15) is 0 Å². The molecule has 8 heteroatoms. The van der Waals surface area contributed by atoms with Gasteiger partial charge < -0.3 is 24.8 Å². The molecule has 8 nitrogen and oxygen atoms in total. The van der Waals surface area contributed by atoms with E-state index in [2.05, 4.69) is 10.3 Å². The number of aliphatic hydroxyl groups is 1. The first-order valence-corrected chi connectivity index (χ1v) is 10.7. The summed E-state index contributed by atoms with van der Waals surface area (Å²) in [7, 11) is 0. The fourth-order valence-electron chi connectivity index (χ4n) is 5.28. The SMILES string of the molecule is C[C@@H](O)[C@H]1C(=O)N2C(C(=O)O)=C(c3cc(C4=NCCN4)c4oc5ccccc5c4c3)C[C@H]12. The third kappa shape index (κ3) is 2.50. The number of amides is 1. The number of para-hydroxylation sites is 1. The Morgan fingerprint density at radius 3 is 2.81 bits per heavy atom. The number of benzene rings is 2. The number of carboxylic acid groups (broad SMARTS) is 1. The van der Waals surface area contributed by atoms with E-state index in [0.717, 1.165) is 34.0 Å². The van der Waals surface area contributed by atoms with E-state index in [9.17, 15) is 19.8 Å². The molecule has 3 aromatic rings. The molecule has 0 spiro atoms. The normalized spacial score (nSPS) is 23.4. The first kappa shape index (κ1) is 19.1. The summed E-state index contributed by atoms with van der Waals surface area (Å²) in [5.74, 6) is -1.35.